The molecule has 0 spiro atoms. The molecule has 1 aliphatic heterocycles. The van der Waals surface area contributed by atoms with E-state index in [2.05, 4.69) is 29.0 Å². The van der Waals surface area contributed by atoms with Crippen molar-refractivity contribution in [2.24, 2.45) is 5.92 Å². The number of nitrogens with one attached hydrogen (secondary N) is 1. The quantitative estimate of drug-likeness (QED) is 0.830. The highest BCUT2D eigenvalue weighted by atomic mass is 32.1. The average molecular weight is 339 g/mol. The van der Waals surface area contributed by atoms with Gasteiger partial charge in [0.2, 0.25) is 5.91 Å². The van der Waals surface area contributed by atoms with Crippen LogP contribution in [0.25, 0.3) is 0 Å². The second-order valence-corrected chi connectivity index (χ2v) is 7.51. The molecule has 0 atom stereocenters. The number of anilines is 1. The fourth-order valence-corrected chi connectivity index (χ4v) is 3.92. The third kappa shape index (κ3) is 4.91. The second kappa shape index (κ2) is 8.64. The minimum atomic E-state index is 0.107. The van der Waals surface area contributed by atoms with Crippen LogP contribution < -0.4 is 10.2 Å². The van der Waals surface area contributed by atoms with Gasteiger partial charge in [-0.25, -0.2) is 4.98 Å². The van der Waals surface area contributed by atoms with Gasteiger partial charge in [0.25, 0.3) is 0 Å². The number of piperidine rings is 1. The van der Waals surface area contributed by atoms with Gasteiger partial charge in [-0.3, -0.25) is 4.79 Å². The fraction of sp³-hybridized carbons (Fsp3) is 0.765. The van der Waals surface area contributed by atoms with E-state index in [0.29, 0.717) is 6.04 Å². The zero-order chi connectivity index (χ0) is 16.8. The fourth-order valence-electron chi connectivity index (χ4n) is 2.93. The number of nitrogens with zero attached hydrogens (tertiary/aromatic N) is 3. The molecule has 0 unspecified atom stereocenters. The lowest BCUT2D eigenvalue weighted by atomic mass is 10.0. The first-order valence-corrected chi connectivity index (χ1v) is 9.58. The Kier molecular flexibility index (Phi) is 6.84. The van der Waals surface area contributed by atoms with Crippen LogP contribution in [-0.4, -0.2) is 48.0 Å². The van der Waals surface area contributed by atoms with E-state index in [1.165, 1.54) is 4.88 Å². The molecular weight excluding hydrogens is 308 g/mol. The summed E-state index contributed by atoms with van der Waals surface area (Å²) in [5.74, 6) is 0.393. The molecule has 2 heterocycles. The summed E-state index contributed by atoms with van der Waals surface area (Å²) >= 11 is 1.78. The molecule has 1 N–H and O–H groups in total. The van der Waals surface area contributed by atoms with E-state index in [1.807, 2.05) is 24.9 Å². The molecule has 1 aliphatic rings. The SMILES string of the molecule is CCN(CC)c1ncc(CNC2CCN(C(=O)C(C)C)CC2)s1. The minimum Gasteiger partial charge on any atom is -0.349 e. The molecule has 6 heteroatoms. The first-order valence-electron chi connectivity index (χ1n) is 8.76. The monoisotopic (exact) mass is 338 g/mol. The van der Waals surface area contributed by atoms with Crippen LogP contribution in [0.4, 0.5) is 5.13 Å². The van der Waals surface area contributed by atoms with Gasteiger partial charge in [-0.05, 0) is 26.7 Å². The average Bonchev–Trinajstić information content (AvgIpc) is 3.02. The predicted molar refractivity (Wildman–Crippen MR) is 97.0 cm³/mol. The molecule has 1 saturated heterocycles. The maximum Gasteiger partial charge on any atom is 0.225 e. The summed E-state index contributed by atoms with van der Waals surface area (Å²) in [5.41, 5.74) is 0. The molecule has 1 aromatic rings. The summed E-state index contributed by atoms with van der Waals surface area (Å²) in [4.78, 5) is 22.1. The third-order valence-electron chi connectivity index (χ3n) is 4.44. The van der Waals surface area contributed by atoms with Crippen molar-refractivity contribution in [1.82, 2.24) is 15.2 Å². The van der Waals surface area contributed by atoms with Crippen molar-refractivity contribution in [3.05, 3.63) is 11.1 Å². The highest BCUT2D eigenvalue weighted by Crippen LogP contribution is 2.22. The minimum absolute atomic E-state index is 0.107. The van der Waals surface area contributed by atoms with Gasteiger partial charge >= 0.3 is 0 Å². The molecule has 5 nitrogen and oxygen atoms in total. The Morgan fingerprint density at radius 3 is 2.61 bits per heavy atom. The molecule has 0 bridgehead atoms. The molecule has 2 rings (SSSR count). The van der Waals surface area contributed by atoms with E-state index in [4.69, 9.17) is 0 Å². The van der Waals surface area contributed by atoms with Crippen LogP contribution in [0.5, 0.6) is 0 Å². The number of aromatic nitrogens is 1. The van der Waals surface area contributed by atoms with Crippen molar-refractivity contribution in [1.29, 1.82) is 0 Å². The molecule has 1 aromatic heterocycles. The van der Waals surface area contributed by atoms with Crippen molar-refractivity contribution in [3.63, 3.8) is 0 Å². The summed E-state index contributed by atoms with van der Waals surface area (Å²) < 4.78 is 0. The summed E-state index contributed by atoms with van der Waals surface area (Å²) in [6.07, 6.45) is 4.07. The van der Waals surface area contributed by atoms with Gasteiger partial charge in [-0.1, -0.05) is 13.8 Å². The van der Waals surface area contributed by atoms with E-state index < -0.39 is 0 Å². The van der Waals surface area contributed by atoms with E-state index >= 15 is 0 Å². The summed E-state index contributed by atoms with van der Waals surface area (Å²) in [6, 6.07) is 0.505. The Bertz CT molecular complexity index is 491. The maximum absolute atomic E-state index is 12.0. The van der Waals surface area contributed by atoms with E-state index in [0.717, 1.165) is 50.7 Å². The van der Waals surface area contributed by atoms with Gasteiger partial charge in [-0.2, -0.15) is 0 Å². The Morgan fingerprint density at radius 2 is 2.04 bits per heavy atom. The zero-order valence-corrected chi connectivity index (χ0v) is 15.7. The molecule has 23 heavy (non-hydrogen) atoms. The number of likely N-dealkylation sites (tertiary alicyclic amines) is 1. The standard InChI is InChI=1S/C17H30N4OS/c1-5-20(6-2)17-19-12-15(23-17)11-18-14-7-9-21(10-8-14)16(22)13(3)4/h12-14,18H,5-11H2,1-4H3. The Balaban J connectivity index is 1.76. The predicted octanol–water partition coefficient (Wildman–Crippen LogP) is 2.73. The highest BCUT2D eigenvalue weighted by Gasteiger charge is 2.24. The van der Waals surface area contributed by atoms with E-state index in [1.54, 1.807) is 11.3 Å². The summed E-state index contributed by atoms with van der Waals surface area (Å²) in [5, 5.41) is 4.74. The van der Waals surface area contributed by atoms with Crippen LogP contribution in [0.15, 0.2) is 6.20 Å². The van der Waals surface area contributed by atoms with Crippen molar-refractivity contribution >= 4 is 22.4 Å². The Labute approximate surface area is 144 Å². The number of thiazole rings is 1. The number of hydrogen-bond acceptors (Lipinski definition) is 5. The first-order chi connectivity index (χ1) is 11.0. The van der Waals surface area contributed by atoms with Crippen LogP contribution in [0.1, 0.15) is 45.4 Å². The molecule has 0 aromatic carbocycles. The number of carbonyl (C=O) groups is 1. The number of carbonyl (C=O) groups excluding carboxylic acids is 1. The third-order valence-corrected chi connectivity index (χ3v) is 5.50. The lowest BCUT2D eigenvalue weighted by Gasteiger charge is -2.33. The normalized spacial score (nSPS) is 16.1. The number of rotatable bonds is 7. The van der Waals surface area contributed by atoms with Crippen LogP contribution in [0.3, 0.4) is 0 Å². The number of amides is 1. The maximum atomic E-state index is 12.0. The Hall–Kier alpha value is -1.14. The molecule has 1 amide bonds. The topological polar surface area (TPSA) is 48.5 Å². The smallest absolute Gasteiger partial charge is 0.225 e. The number of hydrogen-bond donors (Lipinski definition) is 1. The van der Waals surface area contributed by atoms with Crippen LogP contribution in [-0.2, 0) is 11.3 Å². The second-order valence-electron chi connectivity index (χ2n) is 6.42. The molecule has 1 fully saturated rings. The van der Waals surface area contributed by atoms with Crippen molar-refractivity contribution in [3.8, 4) is 0 Å². The van der Waals surface area contributed by atoms with Gasteiger partial charge in [0, 0.05) is 55.8 Å². The van der Waals surface area contributed by atoms with Crippen molar-refractivity contribution < 1.29 is 4.79 Å². The molecular formula is C17H30N4OS. The Morgan fingerprint density at radius 1 is 1.39 bits per heavy atom. The van der Waals surface area contributed by atoms with Gasteiger partial charge in [0.1, 0.15) is 0 Å². The van der Waals surface area contributed by atoms with Crippen molar-refractivity contribution in [2.75, 3.05) is 31.1 Å². The highest BCUT2D eigenvalue weighted by molar-refractivity contribution is 7.15. The first kappa shape index (κ1) is 18.2. The van der Waals surface area contributed by atoms with Crippen LogP contribution >= 0.6 is 11.3 Å². The summed E-state index contributed by atoms with van der Waals surface area (Å²) in [7, 11) is 0. The zero-order valence-electron chi connectivity index (χ0n) is 14.8. The molecule has 0 saturated carbocycles. The van der Waals surface area contributed by atoms with Gasteiger partial charge < -0.3 is 15.1 Å². The lowest BCUT2D eigenvalue weighted by Crippen LogP contribution is -2.45. The van der Waals surface area contributed by atoms with Crippen LogP contribution in [0, 0.1) is 5.92 Å². The molecule has 0 radical (unpaired) electrons. The van der Waals surface area contributed by atoms with Gasteiger partial charge in [0.05, 0.1) is 0 Å². The largest absolute Gasteiger partial charge is 0.349 e. The van der Waals surface area contributed by atoms with Crippen molar-refractivity contribution in [2.45, 2.75) is 53.1 Å². The van der Waals surface area contributed by atoms with E-state index in [9.17, 15) is 4.79 Å². The van der Waals surface area contributed by atoms with E-state index in [-0.39, 0.29) is 11.8 Å². The summed E-state index contributed by atoms with van der Waals surface area (Å²) in [6.45, 7) is 12.9. The van der Waals surface area contributed by atoms with Gasteiger partial charge in [0.15, 0.2) is 5.13 Å². The van der Waals surface area contributed by atoms with Crippen LogP contribution in [0.2, 0.25) is 0 Å². The molecule has 130 valence electrons. The lowest BCUT2D eigenvalue weighted by molar-refractivity contribution is -0.135. The molecule has 0 aliphatic carbocycles. The van der Waals surface area contributed by atoms with Gasteiger partial charge in [-0.15, -0.1) is 11.3 Å².